The molecule has 0 saturated heterocycles. The molecule has 0 fully saturated rings. The molecule has 0 radical (unpaired) electrons. The zero-order valence-electron chi connectivity index (χ0n) is 8.79. The van der Waals surface area contributed by atoms with Crippen molar-refractivity contribution < 1.29 is 9.90 Å². The van der Waals surface area contributed by atoms with E-state index in [1.54, 1.807) is 0 Å². The van der Waals surface area contributed by atoms with Crippen LogP contribution < -0.4 is 5.69 Å². The van der Waals surface area contributed by atoms with Gasteiger partial charge in [-0.05, 0) is 18.2 Å². The van der Waals surface area contributed by atoms with Gasteiger partial charge in [0.15, 0.2) is 0 Å². The second-order valence-corrected chi connectivity index (χ2v) is 3.78. The van der Waals surface area contributed by atoms with Crippen molar-refractivity contribution in [3.8, 4) is 5.69 Å². The van der Waals surface area contributed by atoms with Crippen LogP contribution in [0.2, 0.25) is 5.02 Å². The van der Waals surface area contributed by atoms with E-state index in [4.69, 9.17) is 16.7 Å². The molecule has 0 aliphatic rings. The number of rotatable bonds is 2. The highest BCUT2D eigenvalue weighted by Gasteiger charge is 2.11. The first kappa shape index (κ1) is 11.4. The predicted octanol–water partition coefficient (Wildman–Crippen LogP) is 0.923. The summed E-state index contributed by atoms with van der Waals surface area (Å²) in [7, 11) is 1.52. The minimum atomic E-state index is -1.11. The van der Waals surface area contributed by atoms with E-state index in [0.29, 0.717) is 5.69 Å². The van der Waals surface area contributed by atoms with E-state index in [-0.39, 0.29) is 16.3 Å². The molecule has 2 aromatic rings. The number of hydrogen-bond donors (Lipinski definition) is 1. The van der Waals surface area contributed by atoms with Crippen LogP contribution in [0.5, 0.6) is 0 Å². The van der Waals surface area contributed by atoms with Gasteiger partial charge in [-0.2, -0.15) is 5.10 Å². The average molecular weight is 254 g/mol. The molecule has 1 N–H and O–H groups in total. The van der Waals surface area contributed by atoms with Gasteiger partial charge >= 0.3 is 11.7 Å². The number of nitrogens with zero attached hydrogens (tertiary/aromatic N) is 3. The van der Waals surface area contributed by atoms with Crippen LogP contribution in [0.1, 0.15) is 10.4 Å². The SMILES string of the molecule is Cn1ncn(-c2ccc(C(=O)O)c(Cl)c2)c1=O. The van der Waals surface area contributed by atoms with Crippen LogP contribution in [0.25, 0.3) is 5.69 Å². The van der Waals surface area contributed by atoms with Crippen molar-refractivity contribution in [2.45, 2.75) is 0 Å². The third-order valence-corrected chi connectivity index (χ3v) is 2.60. The second kappa shape index (κ2) is 4.06. The van der Waals surface area contributed by atoms with Crippen molar-refractivity contribution in [3.05, 3.63) is 45.6 Å². The fraction of sp³-hybridized carbons (Fsp3) is 0.100. The molecule has 2 rings (SSSR count). The highest BCUT2D eigenvalue weighted by atomic mass is 35.5. The van der Waals surface area contributed by atoms with Crippen molar-refractivity contribution in [1.82, 2.24) is 14.3 Å². The Labute approximate surface area is 101 Å². The van der Waals surface area contributed by atoms with Gasteiger partial charge in [0.25, 0.3) is 0 Å². The summed E-state index contributed by atoms with van der Waals surface area (Å²) in [5, 5.41) is 12.7. The maximum atomic E-state index is 11.6. The molecule has 0 saturated carbocycles. The molecule has 1 heterocycles. The molecule has 0 unspecified atom stereocenters. The molecule has 6 nitrogen and oxygen atoms in total. The van der Waals surface area contributed by atoms with E-state index in [0.717, 1.165) is 0 Å². The average Bonchev–Trinajstić information content (AvgIpc) is 2.59. The normalized spacial score (nSPS) is 10.5. The largest absolute Gasteiger partial charge is 0.478 e. The quantitative estimate of drug-likeness (QED) is 0.863. The number of hydrogen-bond acceptors (Lipinski definition) is 3. The summed E-state index contributed by atoms with van der Waals surface area (Å²) in [5.74, 6) is -1.11. The van der Waals surface area contributed by atoms with Crippen LogP contribution in [-0.4, -0.2) is 25.4 Å². The van der Waals surface area contributed by atoms with E-state index in [1.807, 2.05) is 0 Å². The minimum Gasteiger partial charge on any atom is -0.478 e. The first-order valence-corrected chi connectivity index (χ1v) is 5.02. The van der Waals surface area contributed by atoms with Crippen LogP contribution in [-0.2, 0) is 7.05 Å². The van der Waals surface area contributed by atoms with E-state index < -0.39 is 5.97 Å². The van der Waals surface area contributed by atoms with Gasteiger partial charge < -0.3 is 5.11 Å². The fourth-order valence-electron chi connectivity index (χ4n) is 1.39. The number of carboxylic acid groups (broad SMARTS) is 1. The van der Waals surface area contributed by atoms with Crippen LogP contribution in [0.3, 0.4) is 0 Å². The van der Waals surface area contributed by atoms with Crippen LogP contribution in [0, 0.1) is 0 Å². The molecular formula is C10H8ClN3O3. The molecule has 0 atom stereocenters. The molecule has 7 heteroatoms. The number of aromatic carboxylic acids is 1. The standard InChI is InChI=1S/C10H8ClN3O3/c1-13-10(17)14(5-12-13)6-2-3-7(9(15)16)8(11)4-6/h2-5H,1H3,(H,15,16). The summed E-state index contributed by atoms with van der Waals surface area (Å²) in [5.41, 5.74) is 0.134. The maximum Gasteiger partial charge on any atom is 0.350 e. The van der Waals surface area contributed by atoms with Gasteiger partial charge in [0.2, 0.25) is 0 Å². The molecular weight excluding hydrogens is 246 g/mol. The summed E-state index contributed by atoms with van der Waals surface area (Å²) < 4.78 is 2.44. The summed E-state index contributed by atoms with van der Waals surface area (Å²) in [6.07, 6.45) is 1.34. The van der Waals surface area contributed by atoms with Crippen molar-refractivity contribution in [2.75, 3.05) is 0 Å². The van der Waals surface area contributed by atoms with Crippen molar-refractivity contribution in [1.29, 1.82) is 0 Å². The van der Waals surface area contributed by atoms with Crippen LogP contribution in [0.4, 0.5) is 0 Å². The third-order valence-electron chi connectivity index (χ3n) is 2.28. The summed E-state index contributed by atoms with van der Waals surface area (Å²) in [6, 6.07) is 4.26. The van der Waals surface area contributed by atoms with E-state index >= 15 is 0 Å². The lowest BCUT2D eigenvalue weighted by Gasteiger charge is -2.03. The highest BCUT2D eigenvalue weighted by molar-refractivity contribution is 6.33. The first-order valence-electron chi connectivity index (χ1n) is 4.64. The molecule has 0 bridgehead atoms. The Balaban J connectivity index is 2.56. The molecule has 17 heavy (non-hydrogen) atoms. The monoisotopic (exact) mass is 253 g/mol. The first-order chi connectivity index (χ1) is 8.00. The Kier molecular flexibility index (Phi) is 2.72. The number of halogens is 1. The molecule has 0 aliphatic carbocycles. The Bertz CT molecular complexity index is 644. The minimum absolute atomic E-state index is 0.00708. The topological polar surface area (TPSA) is 77.1 Å². The van der Waals surface area contributed by atoms with Crippen LogP contribution in [0.15, 0.2) is 29.3 Å². The Morgan fingerprint density at radius 3 is 2.65 bits per heavy atom. The van der Waals surface area contributed by atoms with E-state index in [2.05, 4.69) is 5.10 Å². The molecule has 88 valence electrons. The predicted molar refractivity (Wildman–Crippen MR) is 60.8 cm³/mol. The summed E-state index contributed by atoms with van der Waals surface area (Å²) in [4.78, 5) is 22.4. The molecule has 1 aromatic carbocycles. The Morgan fingerprint density at radius 2 is 2.18 bits per heavy atom. The lowest BCUT2D eigenvalue weighted by atomic mass is 10.2. The fourth-order valence-corrected chi connectivity index (χ4v) is 1.64. The maximum absolute atomic E-state index is 11.6. The number of carbonyl (C=O) groups is 1. The van der Waals surface area contributed by atoms with Crippen LogP contribution >= 0.6 is 11.6 Å². The lowest BCUT2D eigenvalue weighted by Crippen LogP contribution is -2.21. The number of benzene rings is 1. The summed E-state index contributed by atoms with van der Waals surface area (Å²) in [6.45, 7) is 0. The number of aromatic nitrogens is 3. The van der Waals surface area contributed by atoms with E-state index in [1.165, 1.54) is 40.8 Å². The molecule has 0 amide bonds. The van der Waals surface area contributed by atoms with Gasteiger partial charge in [0.05, 0.1) is 16.3 Å². The zero-order valence-corrected chi connectivity index (χ0v) is 9.55. The molecule has 0 aliphatic heterocycles. The Morgan fingerprint density at radius 1 is 1.47 bits per heavy atom. The van der Waals surface area contributed by atoms with Crippen molar-refractivity contribution in [2.24, 2.45) is 7.05 Å². The number of carboxylic acids is 1. The zero-order chi connectivity index (χ0) is 12.6. The smallest absolute Gasteiger partial charge is 0.350 e. The van der Waals surface area contributed by atoms with Gasteiger partial charge in [0.1, 0.15) is 6.33 Å². The van der Waals surface area contributed by atoms with Crippen molar-refractivity contribution in [3.63, 3.8) is 0 Å². The second-order valence-electron chi connectivity index (χ2n) is 3.38. The van der Waals surface area contributed by atoms with Gasteiger partial charge in [0, 0.05) is 7.05 Å². The number of aryl methyl sites for hydroxylation is 1. The third kappa shape index (κ3) is 1.94. The summed E-state index contributed by atoms with van der Waals surface area (Å²) >= 11 is 5.81. The highest BCUT2D eigenvalue weighted by Crippen LogP contribution is 2.19. The van der Waals surface area contributed by atoms with Crippen molar-refractivity contribution >= 4 is 17.6 Å². The van der Waals surface area contributed by atoms with Gasteiger partial charge in [-0.25, -0.2) is 18.8 Å². The lowest BCUT2D eigenvalue weighted by molar-refractivity contribution is 0.0697. The van der Waals surface area contributed by atoms with Gasteiger partial charge in [-0.3, -0.25) is 0 Å². The van der Waals surface area contributed by atoms with Gasteiger partial charge in [-0.15, -0.1) is 0 Å². The van der Waals surface area contributed by atoms with E-state index in [9.17, 15) is 9.59 Å². The Hall–Kier alpha value is -2.08. The molecule has 0 spiro atoms. The molecule has 1 aromatic heterocycles. The van der Waals surface area contributed by atoms with Gasteiger partial charge in [-0.1, -0.05) is 11.6 Å².